The second-order valence-corrected chi connectivity index (χ2v) is 8.08. The van der Waals surface area contributed by atoms with E-state index in [-0.39, 0.29) is 30.5 Å². The van der Waals surface area contributed by atoms with Gasteiger partial charge in [0.05, 0.1) is 0 Å². The molecule has 5 atom stereocenters. The average Bonchev–Trinajstić information content (AvgIpc) is 3.34. The molecule has 3 rings (SSSR count). The van der Waals surface area contributed by atoms with E-state index in [1.54, 1.807) is 0 Å². The van der Waals surface area contributed by atoms with Crippen LogP contribution in [-0.4, -0.2) is 30.5 Å². The van der Waals surface area contributed by atoms with E-state index in [1.807, 2.05) is 0 Å². The second kappa shape index (κ2) is 18.1. The normalized spacial score (nSPS) is 30.6. The SMILES string of the molecule is CCCC.CCCC.CCCC.[O-]CC1CC2CC1C1CCCC21.[Sn]. The molecule has 0 spiro atoms. The molecule has 2 heteroatoms. The minimum Gasteiger partial charge on any atom is -0.854 e. The summed E-state index contributed by atoms with van der Waals surface area (Å²) in [5.74, 6) is 4.45. The van der Waals surface area contributed by atoms with E-state index < -0.39 is 0 Å². The van der Waals surface area contributed by atoms with Crippen molar-refractivity contribution in [1.29, 1.82) is 0 Å². The van der Waals surface area contributed by atoms with Crippen molar-refractivity contribution in [2.45, 2.75) is 112 Å². The minimum atomic E-state index is 0. The van der Waals surface area contributed by atoms with Crippen LogP contribution in [-0.2, 0) is 0 Å². The van der Waals surface area contributed by atoms with Crippen LogP contribution in [0, 0.1) is 29.6 Å². The van der Waals surface area contributed by atoms with Crippen molar-refractivity contribution in [3.8, 4) is 0 Å². The molecule has 0 amide bonds. The van der Waals surface area contributed by atoms with E-state index in [2.05, 4.69) is 41.5 Å². The first-order valence-electron chi connectivity index (χ1n) is 11.2. The average molecular weight is 458 g/mol. The standard InChI is InChI=1S/C11H17O.3C4H10.Sn/c12-6-8-4-7-5-11(8)10-3-1-2-9(7)10;3*1-3-4-2;/h7-11H,1-6H2;3*3-4H2,1-2H3;/q-1;;;;. The van der Waals surface area contributed by atoms with Gasteiger partial charge in [-0.25, -0.2) is 0 Å². The third-order valence-corrected chi connectivity index (χ3v) is 6.28. The van der Waals surface area contributed by atoms with Crippen LogP contribution in [0.5, 0.6) is 0 Å². The number of hydrogen-bond donors (Lipinski definition) is 0. The molecule has 150 valence electrons. The van der Waals surface area contributed by atoms with Crippen LogP contribution in [0.4, 0.5) is 0 Å². The molecule has 25 heavy (non-hydrogen) atoms. The molecule has 3 saturated carbocycles. The predicted octanol–water partition coefficient (Wildman–Crippen LogP) is 6.46. The van der Waals surface area contributed by atoms with Gasteiger partial charge in [-0.3, -0.25) is 0 Å². The van der Waals surface area contributed by atoms with Gasteiger partial charge in [-0.1, -0.05) is 92.4 Å². The Bertz CT molecular complexity index is 251. The molecule has 0 N–H and O–H groups in total. The van der Waals surface area contributed by atoms with Gasteiger partial charge >= 0.3 is 0 Å². The molecule has 3 aliphatic rings. The van der Waals surface area contributed by atoms with Crippen molar-refractivity contribution < 1.29 is 5.11 Å². The van der Waals surface area contributed by atoms with Crippen molar-refractivity contribution in [3.05, 3.63) is 0 Å². The zero-order chi connectivity index (χ0) is 18.4. The summed E-state index contributed by atoms with van der Waals surface area (Å²) < 4.78 is 0. The van der Waals surface area contributed by atoms with Crippen LogP contribution in [0.15, 0.2) is 0 Å². The van der Waals surface area contributed by atoms with Gasteiger partial charge in [0.25, 0.3) is 0 Å². The number of rotatable bonds is 4. The minimum absolute atomic E-state index is 0. The maximum atomic E-state index is 10.9. The summed E-state index contributed by atoms with van der Waals surface area (Å²) in [6.07, 6.45) is 15.0. The predicted molar refractivity (Wildman–Crippen MR) is 113 cm³/mol. The Kier molecular flexibility index (Phi) is 20.3. The fourth-order valence-corrected chi connectivity index (χ4v) is 4.40. The molecular weight excluding hydrogens is 411 g/mol. The number of unbranched alkanes of at least 4 members (excludes halogenated alkanes) is 3. The molecule has 0 saturated heterocycles. The third-order valence-electron chi connectivity index (χ3n) is 6.28. The number of fused-ring (bicyclic) bond motifs is 5. The van der Waals surface area contributed by atoms with Gasteiger partial charge < -0.3 is 5.11 Å². The maximum Gasteiger partial charge on any atom is 0 e. The fraction of sp³-hybridized carbons (Fsp3) is 1.00. The molecule has 3 fully saturated rings. The van der Waals surface area contributed by atoms with Crippen LogP contribution < -0.4 is 5.11 Å². The zero-order valence-corrected chi connectivity index (χ0v) is 21.1. The summed E-state index contributed by atoms with van der Waals surface area (Å²) in [6, 6.07) is 0. The first-order chi connectivity index (χ1) is 11.6. The molecule has 0 aromatic carbocycles. The smallest absolute Gasteiger partial charge is 0 e. The van der Waals surface area contributed by atoms with Crippen molar-refractivity contribution in [2.24, 2.45) is 29.6 Å². The molecule has 3 aliphatic carbocycles. The van der Waals surface area contributed by atoms with Gasteiger partial charge in [0, 0.05) is 23.9 Å². The Labute approximate surface area is 177 Å². The van der Waals surface area contributed by atoms with Crippen molar-refractivity contribution >= 4 is 23.9 Å². The molecule has 4 radical (unpaired) electrons. The maximum absolute atomic E-state index is 10.9. The van der Waals surface area contributed by atoms with Gasteiger partial charge in [-0.2, -0.15) is 0 Å². The number of hydrogen-bond acceptors (Lipinski definition) is 1. The Morgan fingerprint density at radius 3 is 1.48 bits per heavy atom. The Hall–Kier alpha value is 0.759. The summed E-state index contributed by atoms with van der Waals surface area (Å²) in [4.78, 5) is 0. The summed E-state index contributed by atoms with van der Waals surface area (Å²) in [5.41, 5.74) is 0. The summed E-state index contributed by atoms with van der Waals surface area (Å²) in [7, 11) is 0. The second-order valence-electron chi connectivity index (χ2n) is 8.08. The summed E-state index contributed by atoms with van der Waals surface area (Å²) >= 11 is 0. The molecule has 0 aromatic heterocycles. The van der Waals surface area contributed by atoms with Gasteiger partial charge in [0.2, 0.25) is 0 Å². The van der Waals surface area contributed by atoms with E-state index in [0.29, 0.717) is 5.92 Å². The fourth-order valence-electron chi connectivity index (χ4n) is 4.40. The van der Waals surface area contributed by atoms with Crippen LogP contribution in [0.25, 0.3) is 0 Å². The van der Waals surface area contributed by atoms with E-state index in [4.69, 9.17) is 0 Å². The quantitative estimate of drug-likeness (QED) is 0.444. The van der Waals surface area contributed by atoms with E-state index in [0.717, 1.165) is 23.7 Å². The van der Waals surface area contributed by atoms with Gasteiger partial charge in [-0.15, -0.1) is 6.61 Å². The Balaban J connectivity index is 0. The van der Waals surface area contributed by atoms with Crippen molar-refractivity contribution in [2.75, 3.05) is 6.61 Å². The molecule has 2 bridgehead atoms. The van der Waals surface area contributed by atoms with Crippen LogP contribution in [0.1, 0.15) is 112 Å². The zero-order valence-electron chi connectivity index (χ0n) is 18.3. The molecule has 1 nitrogen and oxygen atoms in total. The van der Waals surface area contributed by atoms with Gasteiger partial charge in [0.1, 0.15) is 0 Å². The van der Waals surface area contributed by atoms with Gasteiger partial charge in [0.15, 0.2) is 0 Å². The summed E-state index contributed by atoms with van der Waals surface area (Å²) in [6.45, 7) is 13.3. The van der Waals surface area contributed by atoms with E-state index in [1.165, 1.54) is 70.6 Å². The van der Waals surface area contributed by atoms with Crippen LogP contribution in [0.2, 0.25) is 0 Å². The first-order valence-corrected chi connectivity index (χ1v) is 11.2. The van der Waals surface area contributed by atoms with E-state index >= 15 is 0 Å². The van der Waals surface area contributed by atoms with Gasteiger partial charge in [-0.05, 0) is 49.4 Å². The molecule has 5 unspecified atom stereocenters. The molecule has 0 heterocycles. The molecule has 0 aliphatic heterocycles. The Morgan fingerprint density at radius 1 is 0.640 bits per heavy atom. The van der Waals surface area contributed by atoms with E-state index in [9.17, 15) is 5.11 Å². The third kappa shape index (κ3) is 10.0. The molecular formula is C23H47OSn-. The van der Waals surface area contributed by atoms with Crippen molar-refractivity contribution in [3.63, 3.8) is 0 Å². The van der Waals surface area contributed by atoms with Crippen molar-refractivity contribution in [1.82, 2.24) is 0 Å². The largest absolute Gasteiger partial charge is 0.854 e. The van der Waals surface area contributed by atoms with Crippen LogP contribution in [0.3, 0.4) is 0 Å². The first kappa shape index (κ1) is 28.0. The molecule has 0 aromatic rings. The van der Waals surface area contributed by atoms with Crippen LogP contribution >= 0.6 is 0 Å². The summed E-state index contributed by atoms with van der Waals surface area (Å²) in [5, 5.41) is 10.9. The Morgan fingerprint density at radius 2 is 1.08 bits per heavy atom. The monoisotopic (exact) mass is 459 g/mol. The topological polar surface area (TPSA) is 23.1 Å².